The number of nitrogens with one attached hydrogen (secondary N) is 1. The lowest BCUT2D eigenvalue weighted by Crippen LogP contribution is -2.29. The summed E-state index contributed by atoms with van der Waals surface area (Å²) in [5, 5.41) is 11.0. The highest BCUT2D eigenvalue weighted by Crippen LogP contribution is 2.04. The van der Waals surface area contributed by atoms with Gasteiger partial charge >= 0.3 is 5.97 Å². The van der Waals surface area contributed by atoms with Crippen LogP contribution < -0.4 is 5.32 Å². The van der Waals surface area contributed by atoms with E-state index in [2.05, 4.69) is 11.9 Å². The smallest absolute Gasteiger partial charge is 0.303 e. The predicted octanol–water partition coefficient (Wildman–Crippen LogP) is 0.790. The Hall–Kier alpha value is -1.32. The molecule has 0 radical (unpaired) electrons. The maximum absolute atomic E-state index is 11.2. The summed E-state index contributed by atoms with van der Waals surface area (Å²) in [5.41, 5.74) is 0. The lowest BCUT2D eigenvalue weighted by molar-refractivity contribution is -0.137. The van der Waals surface area contributed by atoms with Gasteiger partial charge in [-0.3, -0.25) is 9.59 Å². The molecule has 0 heterocycles. The van der Waals surface area contributed by atoms with Gasteiger partial charge in [-0.05, 0) is 6.42 Å². The van der Waals surface area contributed by atoms with Crippen LogP contribution in [-0.2, 0) is 9.59 Å². The van der Waals surface area contributed by atoms with Crippen molar-refractivity contribution >= 4 is 11.9 Å². The standard InChI is InChI=1S/C9H15NO3/c1-3-6-10-9(13)7(2)4-5-8(11)12/h3,7H,1,4-6H2,2H3,(H,10,13)(H,11,12). The molecule has 0 saturated heterocycles. The Bertz CT molecular complexity index is 201. The minimum absolute atomic E-state index is 0.0304. The van der Waals surface area contributed by atoms with E-state index in [0.29, 0.717) is 13.0 Å². The third-order valence-electron chi connectivity index (χ3n) is 1.66. The van der Waals surface area contributed by atoms with Gasteiger partial charge in [-0.25, -0.2) is 0 Å². The molecule has 0 spiro atoms. The molecule has 0 aliphatic heterocycles. The van der Waals surface area contributed by atoms with Crippen LogP contribution in [0.5, 0.6) is 0 Å². The molecule has 4 heteroatoms. The van der Waals surface area contributed by atoms with Crippen LogP contribution in [0.1, 0.15) is 19.8 Å². The van der Waals surface area contributed by atoms with Crippen LogP contribution in [-0.4, -0.2) is 23.5 Å². The highest BCUT2D eigenvalue weighted by atomic mass is 16.4. The van der Waals surface area contributed by atoms with Crippen LogP contribution in [0.3, 0.4) is 0 Å². The quantitative estimate of drug-likeness (QED) is 0.601. The van der Waals surface area contributed by atoms with Crippen LogP contribution in [0.4, 0.5) is 0 Å². The molecule has 0 rings (SSSR count). The molecule has 2 N–H and O–H groups in total. The first-order valence-electron chi connectivity index (χ1n) is 4.18. The molecule has 13 heavy (non-hydrogen) atoms. The second-order valence-electron chi connectivity index (χ2n) is 2.87. The van der Waals surface area contributed by atoms with Crippen molar-refractivity contribution in [2.45, 2.75) is 19.8 Å². The Morgan fingerprint density at radius 2 is 2.23 bits per heavy atom. The molecule has 0 aliphatic rings. The zero-order valence-electron chi connectivity index (χ0n) is 7.75. The second-order valence-corrected chi connectivity index (χ2v) is 2.87. The SMILES string of the molecule is C=CCNC(=O)C(C)CCC(=O)O. The fourth-order valence-electron chi connectivity index (χ4n) is 0.818. The van der Waals surface area contributed by atoms with Crippen molar-refractivity contribution in [2.75, 3.05) is 6.54 Å². The molecule has 74 valence electrons. The van der Waals surface area contributed by atoms with Gasteiger partial charge < -0.3 is 10.4 Å². The Labute approximate surface area is 77.6 Å². The van der Waals surface area contributed by atoms with Crippen molar-refractivity contribution in [3.8, 4) is 0 Å². The highest BCUT2D eigenvalue weighted by molar-refractivity contribution is 5.79. The number of aliphatic carboxylic acids is 1. The van der Waals surface area contributed by atoms with Crippen molar-refractivity contribution < 1.29 is 14.7 Å². The van der Waals surface area contributed by atoms with Crippen molar-refractivity contribution in [3.05, 3.63) is 12.7 Å². The zero-order chi connectivity index (χ0) is 10.3. The molecule has 1 unspecified atom stereocenters. The number of carboxylic acid groups (broad SMARTS) is 1. The molecule has 0 saturated carbocycles. The van der Waals surface area contributed by atoms with Gasteiger partial charge in [0.1, 0.15) is 0 Å². The van der Waals surface area contributed by atoms with Crippen molar-refractivity contribution in [1.29, 1.82) is 0 Å². The summed E-state index contributed by atoms with van der Waals surface area (Å²) < 4.78 is 0. The van der Waals surface area contributed by atoms with Gasteiger partial charge in [0, 0.05) is 18.9 Å². The number of hydrogen-bond acceptors (Lipinski definition) is 2. The van der Waals surface area contributed by atoms with E-state index >= 15 is 0 Å². The van der Waals surface area contributed by atoms with Gasteiger partial charge in [-0.15, -0.1) is 6.58 Å². The van der Waals surface area contributed by atoms with Crippen LogP contribution in [0.2, 0.25) is 0 Å². The van der Waals surface area contributed by atoms with Crippen molar-refractivity contribution in [2.24, 2.45) is 5.92 Å². The van der Waals surface area contributed by atoms with Crippen LogP contribution >= 0.6 is 0 Å². The maximum Gasteiger partial charge on any atom is 0.303 e. The topological polar surface area (TPSA) is 66.4 Å². The van der Waals surface area contributed by atoms with Gasteiger partial charge in [0.25, 0.3) is 0 Å². The molecule has 0 aromatic heterocycles. The first-order valence-corrected chi connectivity index (χ1v) is 4.18. The molecule has 0 aromatic carbocycles. The number of rotatable bonds is 6. The summed E-state index contributed by atoms with van der Waals surface area (Å²) in [7, 11) is 0. The third kappa shape index (κ3) is 5.90. The minimum Gasteiger partial charge on any atom is -0.481 e. The van der Waals surface area contributed by atoms with Crippen LogP contribution in [0.25, 0.3) is 0 Å². The lowest BCUT2D eigenvalue weighted by atomic mass is 10.1. The van der Waals surface area contributed by atoms with Gasteiger partial charge in [-0.1, -0.05) is 13.0 Å². The van der Waals surface area contributed by atoms with E-state index < -0.39 is 5.97 Å². The number of amides is 1. The maximum atomic E-state index is 11.2. The number of carbonyl (C=O) groups is 2. The summed E-state index contributed by atoms with van der Waals surface area (Å²) in [6.45, 7) is 5.59. The average molecular weight is 185 g/mol. The second kappa shape index (κ2) is 6.22. The highest BCUT2D eigenvalue weighted by Gasteiger charge is 2.12. The summed E-state index contributed by atoms with van der Waals surface area (Å²) in [4.78, 5) is 21.4. The van der Waals surface area contributed by atoms with E-state index in [9.17, 15) is 9.59 Å². The fraction of sp³-hybridized carbons (Fsp3) is 0.556. The lowest BCUT2D eigenvalue weighted by Gasteiger charge is -2.08. The monoisotopic (exact) mass is 185 g/mol. The molecule has 1 atom stereocenters. The van der Waals surface area contributed by atoms with E-state index in [1.165, 1.54) is 0 Å². The van der Waals surface area contributed by atoms with Crippen LogP contribution in [0, 0.1) is 5.92 Å². The molecule has 1 amide bonds. The summed E-state index contributed by atoms with van der Waals surface area (Å²) in [6, 6.07) is 0. The fourth-order valence-corrected chi connectivity index (χ4v) is 0.818. The van der Waals surface area contributed by atoms with Gasteiger partial charge in [0.15, 0.2) is 0 Å². The van der Waals surface area contributed by atoms with E-state index in [1.807, 2.05) is 0 Å². The van der Waals surface area contributed by atoms with E-state index in [-0.39, 0.29) is 18.2 Å². The molecule has 0 aliphatic carbocycles. The van der Waals surface area contributed by atoms with Gasteiger partial charge in [-0.2, -0.15) is 0 Å². The molecule has 0 fully saturated rings. The first-order chi connectivity index (χ1) is 6.07. The molecular formula is C9H15NO3. The number of carboxylic acids is 1. The molecule has 0 bridgehead atoms. The normalized spacial score (nSPS) is 11.8. The van der Waals surface area contributed by atoms with Gasteiger partial charge in [0.05, 0.1) is 0 Å². The largest absolute Gasteiger partial charge is 0.481 e. The summed E-state index contributed by atoms with van der Waals surface area (Å²) in [5.74, 6) is -1.25. The van der Waals surface area contributed by atoms with Gasteiger partial charge in [0.2, 0.25) is 5.91 Å². The predicted molar refractivity (Wildman–Crippen MR) is 49.2 cm³/mol. The molecule has 4 nitrogen and oxygen atoms in total. The Balaban J connectivity index is 3.68. The van der Waals surface area contributed by atoms with E-state index in [0.717, 1.165) is 0 Å². The Kier molecular flexibility index (Phi) is 5.59. The van der Waals surface area contributed by atoms with Crippen molar-refractivity contribution in [1.82, 2.24) is 5.32 Å². The zero-order valence-corrected chi connectivity index (χ0v) is 7.75. The van der Waals surface area contributed by atoms with E-state index in [4.69, 9.17) is 5.11 Å². The summed E-state index contributed by atoms with van der Waals surface area (Å²) >= 11 is 0. The first kappa shape index (κ1) is 11.7. The van der Waals surface area contributed by atoms with E-state index in [1.54, 1.807) is 13.0 Å². The minimum atomic E-state index is -0.872. The van der Waals surface area contributed by atoms with Crippen molar-refractivity contribution in [3.63, 3.8) is 0 Å². The van der Waals surface area contributed by atoms with Crippen LogP contribution in [0.15, 0.2) is 12.7 Å². The third-order valence-corrected chi connectivity index (χ3v) is 1.66. The molecule has 0 aromatic rings. The Morgan fingerprint density at radius 1 is 1.62 bits per heavy atom. The number of hydrogen-bond donors (Lipinski definition) is 2. The summed E-state index contributed by atoms with van der Waals surface area (Å²) in [6.07, 6.45) is 1.99. The molecular weight excluding hydrogens is 170 g/mol. The number of carbonyl (C=O) groups excluding carboxylic acids is 1. The Morgan fingerprint density at radius 3 is 2.69 bits per heavy atom. The average Bonchev–Trinajstić information content (AvgIpc) is 2.10.